The summed E-state index contributed by atoms with van der Waals surface area (Å²) in [6.45, 7) is 1.48. The number of halogens is 1. The average Bonchev–Trinajstić information content (AvgIpc) is 3.15. The van der Waals surface area contributed by atoms with E-state index in [0.29, 0.717) is 11.7 Å². The van der Waals surface area contributed by atoms with E-state index in [-0.39, 0.29) is 5.82 Å². The van der Waals surface area contributed by atoms with Crippen molar-refractivity contribution in [2.24, 2.45) is 0 Å². The Kier molecular flexibility index (Phi) is 4.67. The van der Waals surface area contributed by atoms with Crippen LogP contribution in [-0.4, -0.2) is 35.3 Å². The molecule has 0 saturated carbocycles. The molecule has 1 aromatic carbocycles. The number of aromatic amines is 1. The predicted molar refractivity (Wildman–Crippen MR) is 96.6 cm³/mol. The van der Waals surface area contributed by atoms with Crippen LogP contribution in [0.3, 0.4) is 0 Å². The van der Waals surface area contributed by atoms with E-state index >= 15 is 0 Å². The van der Waals surface area contributed by atoms with Crippen molar-refractivity contribution in [1.29, 1.82) is 0 Å². The molecule has 5 nitrogen and oxygen atoms in total. The summed E-state index contributed by atoms with van der Waals surface area (Å²) >= 11 is 0. The van der Waals surface area contributed by atoms with Gasteiger partial charge in [0.25, 0.3) is 0 Å². The van der Waals surface area contributed by atoms with Gasteiger partial charge in [0.05, 0.1) is 19.0 Å². The SMILES string of the molecule is COc1cncc(-c2nc(-c3ccc(F)cc3)[nH]c2C2CCOCC2)c1. The highest BCUT2D eigenvalue weighted by molar-refractivity contribution is 5.68. The smallest absolute Gasteiger partial charge is 0.138 e. The molecule has 4 rings (SSSR count). The Morgan fingerprint density at radius 3 is 2.62 bits per heavy atom. The summed E-state index contributed by atoms with van der Waals surface area (Å²) in [7, 11) is 1.62. The van der Waals surface area contributed by atoms with E-state index in [4.69, 9.17) is 14.5 Å². The van der Waals surface area contributed by atoms with Crippen LogP contribution in [0, 0.1) is 5.82 Å². The molecule has 2 aromatic heterocycles. The zero-order valence-corrected chi connectivity index (χ0v) is 14.5. The minimum Gasteiger partial charge on any atom is -0.495 e. The topological polar surface area (TPSA) is 60.0 Å². The van der Waals surface area contributed by atoms with Gasteiger partial charge in [-0.05, 0) is 43.2 Å². The molecule has 26 heavy (non-hydrogen) atoms. The fraction of sp³-hybridized carbons (Fsp3) is 0.300. The summed E-state index contributed by atoms with van der Waals surface area (Å²) in [6.07, 6.45) is 5.34. The van der Waals surface area contributed by atoms with E-state index in [2.05, 4.69) is 9.97 Å². The number of rotatable bonds is 4. The number of benzene rings is 1. The standard InChI is InChI=1S/C20H20FN3O2/c1-25-17-10-15(11-22-12-17)19-18(13-6-8-26-9-7-13)23-20(24-19)14-2-4-16(21)5-3-14/h2-5,10-13H,6-9H2,1H3,(H,23,24). The second-order valence-electron chi connectivity index (χ2n) is 6.35. The van der Waals surface area contributed by atoms with E-state index in [1.54, 1.807) is 31.6 Å². The Labute approximate surface area is 151 Å². The lowest BCUT2D eigenvalue weighted by Crippen LogP contribution is -2.15. The number of H-pyrrole nitrogens is 1. The number of pyridine rings is 1. The maximum Gasteiger partial charge on any atom is 0.138 e. The van der Waals surface area contributed by atoms with Crippen molar-refractivity contribution < 1.29 is 13.9 Å². The van der Waals surface area contributed by atoms with Gasteiger partial charge in [-0.25, -0.2) is 9.37 Å². The lowest BCUT2D eigenvalue weighted by Gasteiger charge is -2.22. The highest BCUT2D eigenvalue weighted by Crippen LogP contribution is 2.36. The molecule has 1 fully saturated rings. The number of nitrogens with one attached hydrogen (secondary N) is 1. The molecule has 134 valence electrons. The lowest BCUT2D eigenvalue weighted by atomic mass is 9.93. The maximum absolute atomic E-state index is 13.3. The number of methoxy groups -OCH3 is 1. The zero-order valence-electron chi connectivity index (χ0n) is 14.5. The lowest BCUT2D eigenvalue weighted by molar-refractivity contribution is 0.0847. The molecule has 1 N–H and O–H groups in total. The third kappa shape index (κ3) is 3.32. The highest BCUT2D eigenvalue weighted by atomic mass is 19.1. The average molecular weight is 353 g/mol. The molecule has 1 saturated heterocycles. The molecule has 0 aliphatic carbocycles. The third-order valence-corrected chi connectivity index (χ3v) is 4.70. The van der Waals surface area contributed by atoms with Crippen LogP contribution in [0.2, 0.25) is 0 Å². The normalized spacial score (nSPS) is 15.2. The fourth-order valence-corrected chi connectivity index (χ4v) is 3.29. The van der Waals surface area contributed by atoms with Crippen LogP contribution >= 0.6 is 0 Å². The summed E-state index contributed by atoms with van der Waals surface area (Å²) in [5.74, 6) is 1.49. The van der Waals surface area contributed by atoms with Crippen LogP contribution in [0.5, 0.6) is 5.75 Å². The molecule has 0 radical (unpaired) electrons. The van der Waals surface area contributed by atoms with Gasteiger partial charge in [0, 0.05) is 42.1 Å². The first-order chi connectivity index (χ1) is 12.7. The maximum atomic E-state index is 13.3. The summed E-state index contributed by atoms with van der Waals surface area (Å²) in [5.41, 5.74) is 3.68. The molecule has 0 amide bonds. The Morgan fingerprint density at radius 2 is 1.88 bits per heavy atom. The quantitative estimate of drug-likeness (QED) is 0.764. The Morgan fingerprint density at radius 1 is 1.12 bits per heavy atom. The first-order valence-electron chi connectivity index (χ1n) is 8.67. The molecule has 0 unspecified atom stereocenters. The van der Waals surface area contributed by atoms with Gasteiger partial charge in [0.1, 0.15) is 17.4 Å². The highest BCUT2D eigenvalue weighted by Gasteiger charge is 2.24. The largest absolute Gasteiger partial charge is 0.495 e. The number of ether oxygens (including phenoxy) is 2. The van der Waals surface area contributed by atoms with Gasteiger partial charge < -0.3 is 14.5 Å². The Balaban J connectivity index is 1.80. The zero-order chi connectivity index (χ0) is 17.9. The van der Waals surface area contributed by atoms with E-state index < -0.39 is 0 Å². The van der Waals surface area contributed by atoms with Gasteiger partial charge in [0.2, 0.25) is 0 Å². The first-order valence-corrected chi connectivity index (χ1v) is 8.67. The van der Waals surface area contributed by atoms with Gasteiger partial charge in [-0.15, -0.1) is 0 Å². The molecule has 6 heteroatoms. The van der Waals surface area contributed by atoms with Crippen LogP contribution in [0.25, 0.3) is 22.6 Å². The summed E-state index contributed by atoms with van der Waals surface area (Å²) in [6, 6.07) is 8.28. The first kappa shape index (κ1) is 16.7. The Hall–Kier alpha value is -2.73. The number of aromatic nitrogens is 3. The predicted octanol–water partition coefficient (Wildman–Crippen LogP) is 4.18. The van der Waals surface area contributed by atoms with Crippen molar-refractivity contribution in [3.63, 3.8) is 0 Å². The molecule has 3 aromatic rings. The van der Waals surface area contributed by atoms with Crippen molar-refractivity contribution >= 4 is 0 Å². The van der Waals surface area contributed by atoms with Gasteiger partial charge in [-0.2, -0.15) is 0 Å². The van der Waals surface area contributed by atoms with Crippen molar-refractivity contribution in [2.75, 3.05) is 20.3 Å². The number of hydrogen-bond donors (Lipinski definition) is 1. The summed E-state index contributed by atoms with van der Waals surface area (Å²) < 4.78 is 24.1. The molecule has 0 spiro atoms. The van der Waals surface area contributed by atoms with Crippen LogP contribution in [0.1, 0.15) is 24.5 Å². The van der Waals surface area contributed by atoms with Crippen LogP contribution < -0.4 is 4.74 Å². The number of hydrogen-bond acceptors (Lipinski definition) is 4. The van der Waals surface area contributed by atoms with Crippen molar-refractivity contribution in [1.82, 2.24) is 15.0 Å². The minimum absolute atomic E-state index is 0.262. The van der Waals surface area contributed by atoms with Gasteiger partial charge in [0.15, 0.2) is 0 Å². The van der Waals surface area contributed by atoms with E-state index in [1.807, 2.05) is 6.07 Å². The van der Waals surface area contributed by atoms with Gasteiger partial charge >= 0.3 is 0 Å². The summed E-state index contributed by atoms with van der Waals surface area (Å²) in [5, 5.41) is 0. The summed E-state index contributed by atoms with van der Waals surface area (Å²) in [4.78, 5) is 12.5. The van der Waals surface area contributed by atoms with Crippen LogP contribution in [-0.2, 0) is 4.74 Å². The molecular weight excluding hydrogens is 333 g/mol. The molecule has 1 aliphatic rings. The third-order valence-electron chi connectivity index (χ3n) is 4.70. The molecular formula is C20H20FN3O2. The van der Waals surface area contributed by atoms with Gasteiger partial charge in [-0.3, -0.25) is 4.98 Å². The van der Waals surface area contributed by atoms with E-state index in [9.17, 15) is 4.39 Å². The molecule has 0 bridgehead atoms. The molecule has 0 atom stereocenters. The van der Waals surface area contributed by atoms with Crippen molar-refractivity contribution in [3.05, 3.63) is 54.2 Å². The minimum atomic E-state index is -0.262. The van der Waals surface area contributed by atoms with Crippen molar-refractivity contribution in [2.45, 2.75) is 18.8 Å². The second kappa shape index (κ2) is 7.25. The molecule has 3 heterocycles. The number of imidazole rings is 1. The van der Waals surface area contributed by atoms with Crippen molar-refractivity contribution in [3.8, 4) is 28.4 Å². The van der Waals surface area contributed by atoms with Crippen LogP contribution in [0.15, 0.2) is 42.7 Å². The number of nitrogens with zero attached hydrogens (tertiary/aromatic N) is 2. The van der Waals surface area contributed by atoms with E-state index in [1.165, 1.54) is 12.1 Å². The van der Waals surface area contributed by atoms with E-state index in [0.717, 1.165) is 54.4 Å². The Bertz CT molecular complexity index is 886. The molecule has 1 aliphatic heterocycles. The fourth-order valence-electron chi connectivity index (χ4n) is 3.29. The second-order valence-corrected chi connectivity index (χ2v) is 6.35. The van der Waals surface area contributed by atoms with Crippen LogP contribution in [0.4, 0.5) is 4.39 Å². The van der Waals surface area contributed by atoms with Gasteiger partial charge in [-0.1, -0.05) is 0 Å². The monoisotopic (exact) mass is 353 g/mol.